The monoisotopic (exact) mass is 447 g/mol. The molecule has 2 aromatic rings. The molecule has 0 aliphatic carbocycles. The number of hydrogen-bond donors (Lipinski definition) is 0. The molecule has 1 fully saturated rings. The van der Waals surface area contributed by atoms with Gasteiger partial charge in [-0.1, -0.05) is 45.0 Å². The number of carbonyl (C=O) groups excluding carboxylic acids is 1. The summed E-state index contributed by atoms with van der Waals surface area (Å²) in [6.07, 6.45) is -2.86. The highest BCUT2D eigenvalue weighted by atomic mass is 19.4. The molecule has 1 unspecified atom stereocenters. The standard InChI is InChI=1S/C26H32F3NO2/c1-5-32-25(31)18(4)21-14-15-30(23-12-8-19(9-13-23)17(2)3)24(16-21)20-6-10-22(11-7-20)26(27,28)29/h6-13,17-18,21,24H,5,14-16H2,1-4H3/t18?,21-,24+/m0/s1. The van der Waals surface area contributed by atoms with Crippen LogP contribution >= 0.6 is 0 Å². The third-order valence-electron chi connectivity index (χ3n) is 6.52. The second-order valence-corrected chi connectivity index (χ2v) is 8.90. The molecule has 0 N–H and O–H groups in total. The van der Waals surface area contributed by atoms with Crippen molar-refractivity contribution in [1.29, 1.82) is 0 Å². The molecule has 0 saturated carbocycles. The van der Waals surface area contributed by atoms with Crippen molar-refractivity contribution in [2.75, 3.05) is 18.1 Å². The maximum absolute atomic E-state index is 13.1. The molecule has 174 valence electrons. The molecular formula is C26H32F3NO2. The SMILES string of the molecule is CCOC(=O)C(C)[C@H]1CCN(c2ccc(C(C)C)cc2)[C@@H](c2ccc(C(F)(F)F)cc2)C1. The van der Waals surface area contributed by atoms with Gasteiger partial charge in [0.25, 0.3) is 0 Å². The Labute approximate surface area is 188 Å². The Morgan fingerprint density at radius 1 is 1.06 bits per heavy atom. The molecule has 0 bridgehead atoms. The Morgan fingerprint density at radius 3 is 2.22 bits per heavy atom. The van der Waals surface area contributed by atoms with Gasteiger partial charge in [-0.25, -0.2) is 0 Å². The molecule has 0 amide bonds. The number of benzene rings is 2. The number of anilines is 1. The zero-order valence-corrected chi connectivity index (χ0v) is 19.2. The first-order valence-electron chi connectivity index (χ1n) is 11.3. The van der Waals surface area contributed by atoms with Crippen LogP contribution in [0.1, 0.15) is 69.2 Å². The van der Waals surface area contributed by atoms with Crippen LogP contribution in [0, 0.1) is 11.8 Å². The number of halogens is 3. The summed E-state index contributed by atoms with van der Waals surface area (Å²) >= 11 is 0. The van der Waals surface area contributed by atoms with Crippen molar-refractivity contribution in [3.8, 4) is 0 Å². The average molecular weight is 448 g/mol. The molecule has 1 aliphatic rings. The molecule has 3 atom stereocenters. The largest absolute Gasteiger partial charge is 0.466 e. The van der Waals surface area contributed by atoms with Crippen molar-refractivity contribution >= 4 is 11.7 Å². The fourth-order valence-corrected chi connectivity index (χ4v) is 4.48. The lowest BCUT2D eigenvalue weighted by Gasteiger charge is -2.43. The van der Waals surface area contributed by atoms with E-state index in [4.69, 9.17) is 4.74 Å². The summed E-state index contributed by atoms with van der Waals surface area (Å²) in [7, 11) is 0. The fourth-order valence-electron chi connectivity index (χ4n) is 4.48. The van der Waals surface area contributed by atoms with Crippen molar-refractivity contribution in [2.24, 2.45) is 11.8 Å². The van der Waals surface area contributed by atoms with Crippen LogP contribution in [0.5, 0.6) is 0 Å². The van der Waals surface area contributed by atoms with Crippen molar-refractivity contribution < 1.29 is 22.7 Å². The molecule has 2 aromatic carbocycles. The van der Waals surface area contributed by atoms with Crippen molar-refractivity contribution in [3.63, 3.8) is 0 Å². The van der Waals surface area contributed by atoms with Crippen molar-refractivity contribution in [3.05, 3.63) is 65.2 Å². The maximum atomic E-state index is 13.1. The van der Waals surface area contributed by atoms with Gasteiger partial charge in [0.2, 0.25) is 0 Å². The van der Waals surface area contributed by atoms with Crippen molar-refractivity contribution in [1.82, 2.24) is 0 Å². The summed E-state index contributed by atoms with van der Waals surface area (Å²) < 4.78 is 44.4. The van der Waals surface area contributed by atoms with E-state index in [9.17, 15) is 18.0 Å². The zero-order valence-electron chi connectivity index (χ0n) is 19.2. The van der Waals surface area contributed by atoms with E-state index in [2.05, 4.69) is 43.0 Å². The maximum Gasteiger partial charge on any atom is 0.416 e. The van der Waals surface area contributed by atoms with Gasteiger partial charge < -0.3 is 9.64 Å². The molecule has 3 rings (SSSR count). The van der Waals surface area contributed by atoms with Gasteiger partial charge in [0.1, 0.15) is 0 Å². The quantitative estimate of drug-likeness (QED) is 0.447. The van der Waals surface area contributed by atoms with E-state index < -0.39 is 11.7 Å². The van der Waals surface area contributed by atoms with E-state index in [1.54, 1.807) is 19.1 Å². The van der Waals surface area contributed by atoms with Gasteiger partial charge in [-0.05, 0) is 67.0 Å². The van der Waals surface area contributed by atoms with Gasteiger partial charge in [0.05, 0.1) is 24.1 Å². The summed E-state index contributed by atoms with van der Waals surface area (Å²) in [5.41, 5.74) is 2.46. The summed E-state index contributed by atoms with van der Waals surface area (Å²) in [6.45, 7) is 9.02. The number of alkyl halides is 3. The second-order valence-electron chi connectivity index (χ2n) is 8.90. The average Bonchev–Trinajstić information content (AvgIpc) is 2.78. The third-order valence-corrected chi connectivity index (χ3v) is 6.52. The first-order valence-corrected chi connectivity index (χ1v) is 11.3. The number of ether oxygens (including phenoxy) is 1. The second kappa shape index (κ2) is 9.97. The van der Waals surface area contributed by atoms with Crippen LogP contribution in [0.25, 0.3) is 0 Å². The Kier molecular flexibility index (Phi) is 7.52. The van der Waals surface area contributed by atoms with Crippen LogP contribution in [0.15, 0.2) is 48.5 Å². The van der Waals surface area contributed by atoms with Gasteiger partial charge >= 0.3 is 12.1 Å². The lowest BCUT2D eigenvalue weighted by molar-refractivity contribution is -0.149. The minimum absolute atomic E-state index is 0.104. The molecule has 1 saturated heterocycles. The molecule has 1 aliphatic heterocycles. The number of carbonyl (C=O) groups is 1. The lowest BCUT2D eigenvalue weighted by atomic mass is 9.79. The highest BCUT2D eigenvalue weighted by Crippen LogP contribution is 2.41. The van der Waals surface area contributed by atoms with Gasteiger partial charge in [-0.15, -0.1) is 0 Å². The molecule has 0 radical (unpaired) electrons. The van der Waals surface area contributed by atoms with E-state index in [-0.39, 0.29) is 23.8 Å². The fraction of sp³-hybridized carbons (Fsp3) is 0.500. The Hall–Kier alpha value is -2.50. The van der Waals surface area contributed by atoms with Gasteiger partial charge in [-0.2, -0.15) is 13.2 Å². The predicted molar refractivity (Wildman–Crippen MR) is 121 cm³/mol. The summed E-state index contributed by atoms with van der Waals surface area (Å²) in [5.74, 6) is 0.0641. The number of hydrogen-bond acceptors (Lipinski definition) is 3. The minimum Gasteiger partial charge on any atom is -0.466 e. The minimum atomic E-state index is -4.36. The van der Waals surface area contributed by atoms with E-state index in [1.807, 2.05) is 6.92 Å². The number of nitrogens with zero attached hydrogens (tertiary/aromatic N) is 1. The number of rotatable bonds is 6. The van der Waals surface area contributed by atoms with E-state index in [0.29, 0.717) is 18.9 Å². The zero-order chi connectivity index (χ0) is 23.5. The van der Waals surface area contributed by atoms with Crippen LogP contribution in [0.3, 0.4) is 0 Å². The molecule has 32 heavy (non-hydrogen) atoms. The molecule has 3 nitrogen and oxygen atoms in total. The summed E-state index contributed by atoms with van der Waals surface area (Å²) in [6, 6.07) is 13.7. The lowest BCUT2D eigenvalue weighted by Crippen LogP contribution is -2.40. The van der Waals surface area contributed by atoms with E-state index in [0.717, 1.165) is 36.3 Å². The highest BCUT2D eigenvalue weighted by Gasteiger charge is 2.36. The molecular weight excluding hydrogens is 415 g/mol. The third kappa shape index (κ3) is 5.45. The highest BCUT2D eigenvalue weighted by molar-refractivity contribution is 5.72. The first kappa shape index (κ1) is 24.1. The van der Waals surface area contributed by atoms with E-state index in [1.165, 1.54) is 5.56 Å². The normalized spacial score (nSPS) is 20.3. The van der Waals surface area contributed by atoms with Gasteiger partial charge in [0, 0.05) is 12.2 Å². The summed E-state index contributed by atoms with van der Waals surface area (Å²) in [5, 5.41) is 0. The first-order chi connectivity index (χ1) is 15.1. The van der Waals surface area contributed by atoms with Crippen LogP contribution in [0.2, 0.25) is 0 Å². The number of piperidine rings is 1. The summed E-state index contributed by atoms with van der Waals surface area (Å²) in [4.78, 5) is 14.6. The molecule has 6 heteroatoms. The van der Waals surface area contributed by atoms with Gasteiger partial charge in [-0.3, -0.25) is 4.79 Å². The predicted octanol–water partition coefficient (Wildman–Crippen LogP) is 6.99. The van der Waals surface area contributed by atoms with Crippen LogP contribution in [-0.4, -0.2) is 19.1 Å². The molecule has 1 heterocycles. The Bertz CT molecular complexity index is 891. The Balaban J connectivity index is 1.91. The van der Waals surface area contributed by atoms with Crippen molar-refractivity contribution in [2.45, 2.75) is 58.7 Å². The Morgan fingerprint density at radius 2 is 1.69 bits per heavy atom. The van der Waals surface area contributed by atoms with E-state index >= 15 is 0 Å². The van der Waals surface area contributed by atoms with Crippen LogP contribution in [0.4, 0.5) is 18.9 Å². The topological polar surface area (TPSA) is 29.5 Å². The molecule has 0 aromatic heterocycles. The smallest absolute Gasteiger partial charge is 0.416 e. The van der Waals surface area contributed by atoms with Gasteiger partial charge in [0.15, 0.2) is 0 Å². The number of esters is 1. The van der Waals surface area contributed by atoms with Crippen LogP contribution < -0.4 is 4.90 Å². The molecule has 0 spiro atoms. The van der Waals surface area contributed by atoms with Crippen LogP contribution in [-0.2, 0) is 15.7 Å².